The summed E-state index contributed by atoms with van der Waals surface area (Å²) in [6.07, 6.45) is 0. The lowest BCUT2D eigenvalue weighted by molar-refractivity contribution is 0.102. The molecule has 1 aromatic heterocycles. The van der Waals surface area contributed by atoms with E-state index in [9.17, 15) is 4.79 Å². The number of hydrogen-bond acceptors (Lipinski definition) is 5. The van der Waals surface area contributed by atoms with Crippen molar-refractivity contribution in [3.8, 4) is 0 Å². The Labute approximate surface area is 144 Å². The molecule has 2 rings (SSSR count). The highest BCUT2D eigenvalue weighted by molar-refractivity contribution is 6.44. The van der Waals surface area contributed by atoms with E-state index in [0.29, 0.717) is 16.5 Å². The highest BCUT2D eigenvalue weighted by Gasteiger charge is 2.12. The summed E-state index contributed by atoms with van der Waals surface area (Å²) in [6.45, 7) is 1.61. The van der Waals surface area contributed by atoms with Crippen LogP contribution in [0.15, 0.2) is 30.3 Å². The molecule has 0 saturated carbocycles. The van der Waals surface area contributed by atoms with Crippen molar-refractivity contribution in [2.45, 2.75) is 0 Å². The number of anilines is 2. The highest BCUT2D eigenvalue weighted by atomic mass is 35.5. The fraction of sp³-hybridized carbons (Fsp3) is 0.267. The van der Waals surface area contributed by atoms with E-state index in [-0.39, 0.29) is 10.7 Å². The van der Waals surface area contributed by atoms with E-state index in [2.05, 4.69) is 25.7 Å². The van der Waals surface area contributed by atoms with Crippen LogP contribution in [0, 0.1) is 0 Å². The lowest BCUT2D eigenvalue weighted by atomic mass is 10.3. The van der Waals surface area contributed by atoms with Crippen LogP contribution in [-0.4, -0.2) is 48.2 Å². The third-order valence-corrected chi connectivity index (χ3v) is 3.78. The molecule has 6 nitrogen and oxygen atoms in total. The third-order valence-electron chi connectivity index (χ3n) is 2.96. The van der Waals surface area contributed by atoms with Crippen LogP contribution < -0.4 is 10.6 Å². The SMILES string of the molecule is CN(C)CCNc1ccc(C(=O)Nc2cccc(Cl)c2Cl)nn1. The Hall–Kier alpha value is -1.89. The summed E-state index contributed by atoms with van der Waals surface area (Å²) in [6, 6.07) is 8.31. The molecule has 0 aliphatic carbocycles. The van der Waals surface area contributed by atoms with Crippen molar-refractivity contribution in [3.63, 3.8) is 0 Å². The molecule has 0 unspecified atom stereocenters. The maximum absolute atomic E-state index is 12.1. The number of nitrogens with zero attached hydrogens (tertiary/aromatic N) is 3. The summed E-state index contributed by atoms with van der Waals surface area (Å²) in [5.41, 5.74) is 0.623. The lowest BCUT2D eigenvalue weighted by Gasteiger charge is -2.10. The fourth-order valence-corrected chi connectivity index (χ4v) is 2.09. The fourth-order valence-electron chi connectivity index (χ4n) is 1.74. The van der Waals surface area contributed by atoms with Gasteiger partial charge in [0.15, 0.2) is 5.69 Å². The zero-order valence-electron chi connectivity index (χ0n) is 12.8. The Morgan fingerprint density at radius 1 is 1.17 bits per heavy atom. The predicted octanol–water partition coefficient (Wildman–Crippen LogP) is 3.01. The van der Waals surface area contributed by atoms with Gasteiger partial charge in [-0.15, -0.1) is 10.2 Å². The molecule has 23 heavy (non-hydrogen) atoms. The normalized spacial score (nSPS) is 10.7. The number of benzene rings is 1. The molecular formula is C15H17Cl2N5O. The van der Waals surface area contributed by atoms with Crippen molar-refractivity contribution in [1.29, 1.82) is 0 Å². The van der Waals surface area contributed by atoms with Gasteiger partial charge in [0.25, 0.3) is 5.91 Å². The van der Waals surface area contributed by atoms with E-state index >= 15 is 0 Å². The monoisotopic (exact) mass is 353 g/mol. The number of carbonyl (C=O) groups excluding carboxylic acids is 1. The first kappa shape index (κ1) is 17.5. The van der Waals surface area contributed by atoms with E-state index in [0.717, 1.165) is 13.1 Å². The number of halogens is 2. The zero-order valence-corrected chi connectivity index (χ0v) is 14.3. The van der Waals surface area contributed by atoms with Gasteiger partial charge in [0, 0.05) is 13.1 Å². The molecule has 0 aliphatic heterocycles. The van der Waals surface area contributed by atoms with Crippen molar-refractivity contribution >= 4 is 40.6 Å². The molecular weight excluding hydrogens is 337 g/mol. The molecule has 1 heterocycles. The minimum Gasteiger partial charge on any atom is -0.367 e. The molecule has 0 aliphatic rings. The molecule has 0 atom stereocenters. The Bertz CT molecular complexity index is 676. The summed E-state index contributed by atoms with van der Waals surface area (Å²) >= 11 is 11.9. The smallest absolute Gasteiger partial charge is 0.276 e. The van der Waals surface area contributed by atoms with Crippen molar-refractivity contribution in [2.24, 2.45) is 0 Å². The zero-order chi connectivity index (χ0) is 16.8. The number of carbonyl (C=O) groups is 1. The van der Waals surface area contributed by atoms with Crippen molar-refractivity contribution < 1.29 is 4.79 Å². The van der Waals surface area contributed by atoms with E-state index < -0.39 is 5.91 Å². The lowest BCUT2D eigenvalue weighted by Crippen LogP contribution is -2.21. The Morgan fingerprint density at radius 2 is 1.96 bits per heavy atom. The molecule has 0 saturated heterocycles. The molecule has 0 radical (unpaired) electrons. The van der Waals surface area contributed by atoms with Crippen molar-refractivity contribution in [1.82, 2.24) is 15.1 Å². The summed E-state index contributed by atoms with van der Waals surface area (Å²) in [7, 11) is 3.98. The summed E-state index contributed by atoms with van der Waals surface area (Å²) in [5.74, 6) is 0.214. The molecule has 2 N–H and O–H groups in total. The largest absolute Gasteiger partial charge is 0.367 e. The summed E-state index contributed by atoms with van der Waals surface area (Å²) in [4.78, 5) is 14.2. The number of likely N-dealkylation sites (N-methyl/N-ethyl adjacent to an activating group) is 1. The first-order valence-corrected chi connectivity index (χ1v) is 7.70. The molecule has 8 heteroatoms. The van der Waals surface area contributed by atoms with Gasteiger partial charge in [-0.1, -0.05) is 29.3 Å². The van der Waals surface area contributed by atoms with Gasteiger partial charge < -0.3 is 15.5 Å². The molecule has 0 spiro atoms. The second kappa shape index (κ2) is 8.10. The Kier molecular flexibility index (Phi) is 6.15. The van der Waals surface area contributed by atoms with Crippen molar-refractivity contribution in [2.75, 3.05) is 37.8 Å². The minimum absolute atomic E-state index is 0.194. The van der Waals surface area contributed by atoms with Crippen LogP contribution in [0.25, 0.3) is 0 Å². The minimum atomic E-state index is -0.401. The highest BCUT2D eigenvalue weighted by Crippen LogP contribution is 2.29. The van der Waals surface area contributed by atoms with Gasteiger partial charge >= 0.3 is 0 Å². The average molecular weight is 354 g/mol. The first-order chi connectivity index (χ1) is 11.0. The van der Waals surface area contributed by atoms with Gasteiger partial charge in [-0.3, -0.25) is 4.79 Å². The van der Waals surface area contributed by atoms with Crippen LogP contribution in [0.4, 0.5) is 11.5 Å². The van der Waals surface area contributed by atoms with Crippen LogP contribution in [0.3, 0.4) is 0 Å². The maximum atomic E-state index is 12.1. The van der Waals surface area contributed by atoms with Gasteiger partial charge in [0.2, 0.25) is 0 Å². The molecule has 0 fully saturated rings. The van der Waals surface area contributed by atoms with E-state index in [4.69, 9.17) is 23.2 Å². The van der Waals surface area contributed by atoms with Gasteiger partial charge in [0.05, 0.1) is 15.7 Å². The second-order valence-electron chi connectivity index (χ2n) is 5.09. The van der Waals surface area contributed by atoms with Crippen LogP contribution in [0.2, 0.25) is 10.0 Å². The molecule has 2 aromatic rings. The Morgan fingerprint density at radius 3 is 2.61 bits per heavy atom. The average Bonchev–Trinajstić information content (AvgIpc) is 2.52. The Balaban J connectivity index is 1.98. The number of amides is 1. The van der Waals surface area contributed by atoms with Crippen molar-refractivity contribution in [3.05, 3.63) is 46.1 Å². The standard InChI is InChI=1S/C15H17Cl2N5O/c1-22(2)9-8-18-13-7-6-12(20-21-13)15(23)19-11-5-3-4-10(16)14(11)17/h3-7H,8-9H2,1-2H3,(H,18,21)(H,19,23). The molecule has 1 amide bonds. The summed E-state index contributed by atoms with van der Waals surface area (Å²) < 4.78 is 0. The van der Waals surface area contributed by atoms with Gasteiger partial charge in [0.1, 0.15) is 5.82 Å². The third kappa shape index (κ3) is 5.06. The molecule has 122 valence electrons. The number of rotatable bonds is 6. The summed E-state index contributed by atoms with van der Waals surface area (Å²) in [5, 5.41) is 14.3. The topological polar surface area (TPSA) is 70.2 Å². The number of nitrogens with one attached hydrogen (secondary N) is 2. The first-order valence-electron chi connectivity index (χ1n) is 6.95. The van der Waals surface area contributed by atoms with Crippen LogP contribution in [-0.2, 0) is 0 Å². The van der Waals surface area contributed by atoms with Crippen LogP contribution in [0.5, 0.6) is 0 Å². The predicted molar refractivity (Wildman–Crippen MR) is 93.5 cm³/mol. The van der Waals surface area contributed by atoms with Gasteiger partial charge in [-0.25, -0.2) is 0 Å². The second-order valence-corrected chi connectivity index (χ2v) is 5.87. The number of hydrogen-bond donors (Lipinski definition) is 2. The van der Waals surface area contributed by atoms with Gasteiger partial charge in [-0.05, 0) is 38.4 Å². The maximum Gasteiger partial charge on any atom is 0.276 e. The van der Waals surface area contributed by atoms with E-state index in [1.165, 1.54) is 0 Å². The van der Waals surface area contributed by atoms with Crippen LogP contribution >= 0.6 is 23.2 Å². The van der Waals surface area contributed by atoms with E-state index in [1.807, 2.05) is 14.1 Å². The van der Waals surface area contributed by atoms with E-state index in [1.54, 1.807) is 30.3 Å². The molecule has 0 bridgehead atoms. The molecule has 1 aromatic carbocycles. The van der Waals surface area contributed by atoms with Gasteiger partial charge in [-0.2, -0.15) is 0 Å². The van der Waals surface area contributed by atoms with Crippen LogP contribution in [0.1, 0.15) is 10.5 Å². The number of aromatic nitrogens is 2. The quantitative estimate of drug-likeness (QED) is 0.835.